The molecule has 4 aromatic rings. The Labute approximate surface area is 254 Å². The number of aromatic nitrogens is 3. The first kappa shape index (κ1) is 33.3. The minimum Gasteiger partial charge on any atom is -0.504 e. The summed E-state index contributed by atoms with van der Waals surface area (Å²) in [4.78, 5) is 27.2. The number of aromatic hydroxyl groups is 1. The number of halogens is 5. The molecule has 0 bridgehead atoms. The Hall–Kier alpha value is -2.95. The largest absolute Gasteiger partial charge is 0.504 e. The fraction of sp³-hybridized carbons (Fsp3) is 0.259. The molecule has 1 aliphatic heterocycles. The van der Waals surface area contributed by atoms with Gasteiger partial charge < -0.3 is 25.9 Å². The number of nitrogens with zero attached hydrogens (tertiary/aromatic N) is 4. The van der Waals surface area contributed by atoms with Gasteiger partial charge >= 0.3 is 0 Å². The lowest BCUT2D eigenvalue weighted by Crippen LogP contribution is -2.43. The summed E-state index contributed by atoms with van der Waals surface area (Å²) in [7, 11) is 0. The van der Waals surface area contributed by atoms with Crippen LogP contribution in [-0.2, 0) is 11.2 Å². The number of hydrogen-bond acceptors (Lipinski definition) is 8. The number of nitrogens with two attached hydrogens (primary N) is 1. The van der Waals surface area contributed by atoms with Crippen molar-refractivity contribution in [2.75, 3.05) is 23.3 Å². The minimum atomic E-state index is -0.832. The number of carbonyl (C=O) groups is 1. The predicted octanol–water partition coefficient (Wildman–Crippen LogP) is 6.26. The second-order valence-corrected chi connectivity index (χ2v) is 9.50. The van der Waals surface area contributed by atoms with E-state index in [0.29, 0.717) is 40.8 Å². The van der Waals surface area contributed by atoms with Crippen molar-refractivity contribution in [3.05, 3.63) is 65.2 Å². The van der Waals surface area contributed by atoms with Gasteiger partial charge in [0.2, 0.25) is 0 Å². The number of phenolic OH excluding ortho intramolecular Hbond substituents is 1. The molecule has 13 heteroatoms. The third-order valence-electron chi connectivity index (χ3n) is 6.43. The highest BCUT2D eigenvalue weighted by molar-refractivity contribution is 6.32. The van der Waals surface area contributed by atoms with Crippen LogP contribution < -0.4 is 16.0 Å². The summed E-state index contributed by atoms with van der Waals surface area (Å²) in [5.41, 5.74) is 10.4. The Morgan fingerprint density at radius 3 is 2.62 bits per heavy atom. The number of hydrogen-bond donors (Lipinski definition) is 3. The molecular formula is C27H29Cl4FN6O2. The van der Waals surface area contributed by atoms with Crippen molar-refractivity contribution in [1.29, 1.82) is 0 Å². The SMILES string of the molecule is Cl.Cl.Cl.N[C@@H]1CCCN(c2ccc(Nc3c(CCC=O)cnc4ccc(-c5cc(F)c(O)c(Cl)c5)nc34)cn2)C1. The molecule has 0 unspecified atom stereocenters. The maximum Gasteiger partial charge on any atom is 0.170 e. The van der Waals surface area contributed by atoms with Crippen molar-refractivity contribution in [1.82, 2.24) is 15.0 Å². The lowest BCUT2D eigenvalue weighted by molar-refractivity contribution is -0.107. The van der Waals surface area contributed by atoms with Crippen LogP contribution in [0.25, 0.3) is 22.3 Å². The summed E-state index contributed by atoms with van der Waals surface area (Å²) in [5, 5.41) is 13.0. The van der Waals surface area contributed by atoms with Gasteiger partial charge in [0, 0.05) is 37.3 Å². The summed E-state index contributed by atoms with van der Waals surface area (Å²) in [6.07, 6.45) is 7.19. The third-order valence-corrected chi connectivity index (χ3v) is 6.72. The molecule has 1 atom stereocenters. The normalized spacial score (nSPS) is 14.5. The van der Waals surface area contributed by atoms with Crippen molar-refractivity contribution in [3.63, 3.8) is 0 Å². The second-order valence-electron chi connectivity index (χ2n) is 9.09. The number of aryl methyl sites for hydroxylation is 1. The van der Waals surface area contributed by atoms with Gasteiger partial charge in [-0.25, -0.2) is 14.4 Å². The van der Waals surface area contributed by atoms with Crippen molar-refractivity contribution >= 4 is 83.3 Å². The number of piperidine rings is 1. The zero-order valence-electron chi connectivity index (χ0n) is 21.2. The number of pyridine rings is 3. The van der Waals surface area contributed by atoms with Crippen LogP contribution in [-0.4, -0.2) is 45.5 Å². The van der Waals surface area contributed by atoms with E-state index in [4.69, 9.17) is 22.3 Å². The van der Waals surface area contributed by atoms with Gasteiger partial charge in [-0.05, 0) is 61.2 Å². The van der Waals surface area contributed by atoms with E-state index < -0.39 is 11.6 Å². The molecule has 0 aliphatic carbocycles. The fourth-order valence-corrected chi connectivity index (χ4v) is 4.74. The van der Waals surface area contributed by atoms with Crippen LogP contribution in [0.1, 0.15) is 24.8 Å². The summed E-state index contributed by atoms with van der Waals surface area (Å²) >= 11 is 5.99. The second kappa shape index (κ2) is 14.6. The van der Waals surface area contributed by atoms with Gasteiger partial charge in [-0.15, -0.1) is 37.2 Å². The van der Waals surface area contributed by atoms with Crippen LogP contribution in [0.15, 0.2) is 48.8 Å². The van der Waals surface area contributed by atoms with E-state index in [9.17, 15) is 14.3 Å². The molecule has 5 rings (SSSR count). The van der Waals surface area contributed by atoms with E-state index in [0.717, 1.165) is 49.3 Å². The van der Waals surface area contributed by atoms with Crippen molar-refractivity contribution in [3.8, 4) is 17.0 Å². The smallest absolute Gasteiger partial charge is 0.170 e. The number of benzene rings is 1. The molecule has 0 saturated carbocycles. The molecule has 4 N–H and O–H groups in total. The maximum atomic E-state index is 14.2. The van der Waals surface area contributed by atoms with E-state index in [1.165, 1.54) is 12.1 Å². The molecule has 8 nitrogen and oxygen atoms in total. The summed E-state index contributed by atoms with van der Waals surface area (Å²) < 4.78 is 14.2. The Morgan fingerprint density at radius 1 is 1.15 bits per heavy atom. The number of phenols is 1. The van der Waals surface area contributed by atoms with Gasteiger partial charge in [0.1, 0.15) is 17.6 Å². The first-order valence-corrected chi connectivity index (χ1v) is 12.4. The molecule has 1 fully saturated rings. The molecule has 0 radical (unpaired) electrons. The monoisotopic (exact) mass is 628 g/mol. The van der Waals surface area contributed by atoms with E-state index in [-0.39, 0.29) is 48.3 Å². The van der Waals surface area contributed by atoms with Gasteiger partial charge in [-0.1, -0.05) is 11.6 Å². The first-order chi connectivity index (χ1) is 17.9. The maximum absolute atomic E-state index is 14.2. The van der Waals surface area contributed by atoms with Gasteiger partial charge in [0.15, 0.2) is 11.6 Å². The van der Waals surface area contributed by atoms with Gasteiger partial charge in [-0.2, -0.15) is 0 Å². The van der Waals surface area contributed by atoms with Gasteiger partial charge in [-0.3, -0.25) is 4.98 Å². The topological polar surface area (TPSA) is 117 Å². The molecule has 214 valence electrons. The summed E-state index contributed by atoms with van der Waals surface area (Å²) in [6.45, 7) is 1.70. The lowest BCUT2D eigenvalue weighted by atomic mass is 10.1. The van der Waals surface area contributed by atoms with Crippen molar-refractivity contribution in [2.24, 2.45) is 5.73 Å². The van der Waals surface area contributed by atoms with Crippen LogP contribution >= 0.6 is 48.8 Å². The van der Waals surface area contributed by atoms with Gasteiger partial charge in [0.25, 0.3) is 0 Å². The number of aldehydes is 1. The van der Waals surface area contributed by atoms with Gasteiger partial charge in [0.05, 0.1) is 33.8 Å². The number of fused-ring (bicyclic) bond motifs is 1. The van der Waals surface area contributed by atoms with Crippen LogP contribution in [0.2, 0.25) is 5.02 Å². The van der Waals surface area contributed by atoms with Crippen LogP contribution in [0.3, 0.4) is 0 Å². The van der Waals surface area contributed by atoms with E-state index in [1.807, 2.05) is 12.1 Å². The van der Waals surface area contributed by atoms with E-state index in [2.05, 4.69) is 20.2 Å². The Morgan fingerprint density at radius 2 is 1.95 bits per heavy atom. The fourth-order valence-electron chi connectivity index (χ4n) is 4.53. The standard InChI is InChI=1S/C27H26ClFN6O2.3ClH/c28-20-11-17(12-21(29)27(20)37)22-6-7-23-26(34-22)25(16(13-31-23)3-2-10-36)33-19-5-8-24(32-14-19)35-9-1-4-18(30)15-35;;;/h5-8,10-14,18,37H,1-4,9,15,30H2,(H,31,33);3*1H/t18-;;;/m1.../s1. The summed E-state index contributed by atoms with van der Waals surface area (Å²) in [6, 6.07) is 10.2. The molecular weight excluding hydrogens is 601 g/mol. The molecule has 0 spiro atoms. The lowest BCUT2D eigenvalue weighted by Gasteiger charge is -2.31. The Kier molecular flexibility index (Phi) is 12.2. The predicted molar refractivity (Wildman–Crippen MR) is 165 cm³/mol. The summed E-state index contributed by atoms with van der Waals surface area (Å²) in [5.74, 6) is -0.566. The van der Waals surface area contributed by atoms with Crippen molar-refractivity contribution < 1.29 is 14.3 Å². The first-order valence-electron chi connectivity index (χ1n) is 12.1. The molecule has 4 heterocycles. The third kappa shape index (κ3) is 7.21. The number of carbonyl (C=O) groups excluding carboxylic acids is 1. The zero-order chi connectivity index (χ0) is 25.9. The van der Waals surface area contributed by atoms with Crippen molar-refractivity contribution in [2.45, 2.75) is 31.7 Å². The number of anilines is 3. The molecule has 0 amide bonds. The highest BCUT2D eigenvalue weighted by atomic mass is 35.5. The average Bonchev–Trinajstić information content (AvgIpc) is 2.91. The minimum absolute atomic E-state index is 0. The van der Waals surface area contributed by atoms with Crippen LogP contribution in [0.4, 0.5) is 21.6 Å². The van der Waals surface area contributed by atoms with Crippen LogP contribution in [0.5, 0.6) is 5.75 Å². The van der Waals surface area contributed by atoms with E-state index in [1.54, 1.807) is 24.5 Å². The Balaban J connectivity index is 0.00000187. The van der Waals surface area contributed by atoms with Crippen LogP contribution in [0, 0.1) is 5.82 Å². The molecule has 1 aromatic carbocycles. The molecule has 1 saturated heterocycles. The number of rotatable bonds is 7. The number of nitrogens with one attached hydrogen (secondary N) is 1. The average molecular weight is 630 g/mol. The molecule has 40 heavy (non-hydrogen) atoms. The molecule has 3 aromatic heterocycles. The quantitative estimate of drug-likeness (QED) is 0.205. The Bertz CT molecular complexity index is 1440. The van der Waals surface area contributed by atoms with E-state index >= 15 is 0 Å². The highest BCUT2D eigenvalue weighted by Gasteiger charge is 2.18. The zero-order valence-corrected chi connectivity index (χ0v) is 24.4. The highest BCUT2D eigenvalue weighted by Crippen LogP contribution is 2.34. The molecule has 1 aliphatic rings.